The number of ether oxygens (including phenoxy) is 1. The van der Waals surface area contributed by atoms with Gasteiger partial charge < -0.3 is 9.64 Å². The molecule has 1 atom stereocenters. The maximum Gasteiger partial charge on any atom is 0.421 e. The Morgan fingerprint density at radius 2 is 2.00 bits per heavy atom. The van der Waals surface area contributed by atoms with Crippen LogP contribution in [-0.2, 0) is 0 Å². The van der Waals surface area contributed by atoms with Crippen LogP contribution < -0.4 is 14.5 Å². The molecule has 0 spiro atoms. The van der Waals surface area contributed by atoms with Gasteiger partial charge in [0.05, 0.1) is 17.4 Å². The molecule has 1 saturated heterocycles. The van der Waals surface area contributed by atoms with E-state index >= 15 is 0 Å². The summed E-state index contributed by atoms with van der Waals surface area (Å²) in [6.07, 6.45) is 2.30. The van der Waals surface area contributed by atoms with Crippen LogP contribution in [0.5, 0.6) is 5.75 Å². The summed E-state index contributed by atoms with van der Waals surface area (Å²) in [5.41, 5.74) is 3.72. The highest BCUT2D eigenvalue weighted by atomic mass is 16.6. The van der Waals surface area contributed by atoms with E-state index in [1.165, 1.54) is 0 Å². The Hall–Kier alpha value is -3.41. The average molecular weight is 372 g/mol. The Kier molecular flexibility index (Phi) is 3.97. The first kappa shape index (κ1) is 16.7. The van der Waals surface area contributed by atoms with Crippen molar-refractivity contribution in [3.05, 3.63) is 66.5 Å². The predicted octanol–water partition coefficient (Wildman–Crippen LogP) is 4.05. The number of amides is 1. The normalized spacial score (nSPS) is 17.4. The van der Waals surface area contributed by atoms with Crippen molar-refractivity contribution in [2.75, 3.05) is 22.9 Å². The van der Waals surface area contributed by atoms with Crippen LogP contribution in [0.2, 0.25) is 0 Å². The lowest BCUT2D eigenvalue weighted by atomic mass is 10.1. The first-order valence-electron chi connectivity index (χ1n) is 9.44. The molecule has 1 aromatic carbocycles. The molecule has 140 valence electrons. The second-order valence-electron chi connectivity index (χ2n) is 7.16. The Labute approximate surface area is 163 Å². The third kappa shape index (κ3) is 2.87. The Balaban J connectivity index is 1.54. The zero-order chi connectivity index (χ0) is 19.1. The quantitative estimate of drug-likeness (QED) is 0.679. The molecule has 2 bridgehead atoms. The SMILES string of the molecule is Cc1cc(-c2ccc3c(n2)N(C(=O)Oc2ccccc2)C2CCN3C2)ccn1. The number of nitrogens with zero attached hydrogens (tertiary/aromatic N) is 4. The van der Waals surface area contributed by atoms with Crippen molar-refractivity contribution in [1.29, 1.82) is 0 Å². The minimum Gasteiger partial charge on any atom is -0.410 e. The molecule has 4 heterocycles. The summed E-state index contributed by atoms with van der Waals surface area (Å²) in [5.74, 6) is 1.21. The molecule has 0 aliphatic carbocycles. The van der Waals surface area contributed by atoms with Crippen LogP contribution >= 0.6 is 0 Å². The zero-order valence-corrected chi connectivity index (χ0v) is 15.6. The molecule has 5 rings (SSSR count). The van der Waals surface area contributed by atoms with Crippen molar-refractivity contribution in [3.63, 3.8) is 0 Å². The fourth-order valence-corrected chi connectivity index (χ4v) is 3.95. The molecule has 3 aromatic rings. The van der Waals surface area contributed by atoms with E-state index in [1.807, 2.05) is 43.3 Å². The first-order chi connectivity index (χ1) is 13.7. The number of carbonyl (C=O) groups is 1. The number of fused-ring (bicyclic) bond motifs is 4. The molecule has 2 aromatic heterocycles. The minimum atomic E-state index is -0.380. The number of aromatic nitrogens is 2. The van der Waals surface area contributed by atoms with Crippen molar-refractivity contribution < 1.29 is 9.53 Å². The zero-order valence-electron chi connectivity index (χ0n) is 15.6. The highest BCUT2D eigenvalue weighted by Crippen LogP contribution is 2.40. The molecule has 1 fully saturated rings. The molecular weight excluding hydrogens is 352 g/mol. The van der Waals surface area contributed by atoms with Gasteiger partial charge >= 0.3 is 6.09 Å². The summed E-state index contributed by atoms with van der Waals surface area (Å²) in [6, 6.07) is 17.2. The van der Waals surface area contributed by atoms with Gasteiger partial charge in [0.15, 0.2) is 5.82 Å². The largest absolute Gasteiger partial charge is 0.421 e. The second-order valence-corrected chi connectivity index (χ2v) is 7.16. The predicted molar refractivity (Wildman–Crippen MR) is 108 cm³/mol. The van der Waals surface area contributed by atoms with Gasteiger partial charge in [0.25, 0.3) is 0 Å². The average Bonchev–Trinajstić information content (AvgIpc) is 3.13. The number of para-hydroxylation sites is 1. The topological polar surface area (TPSA) is 58.6 Å². The summed E-state index contributed by atoms with van der Waals surface area (Å²) < 4.78 is 5.64. The van der Waals surface area contributed by atoms with Crippen LogP contribution in [0.25, 0.3) is 11.3 Å². The van der Waals surface area contributed by atoms with Gasteiger partial charge in [-0.25, -0.2) is 9.78 Å². The molecule has 0 N–H and O–H groups in total. The van der Waals surface area contributed by atoms with Crippen molar-refractivity contribution >= 4 is 17.6 Å². The maximum absolute atomic E-state index is 13.1. The molecule has 1 amide bonds. The number of benzene rings is 1. The number of hydrogen-bond acceptors (Lipinski definition) is 5. The van der Waals surface area contributed by atoms with Crippen LogP contribution in [0.1, 0.15) is 12.1 Å². The van der Waals surface area contributed by atoms with E-state index < -0.39 is 0 Å². The lowest BCUT2D eigenvalue weighted by Gasteiger charge is -2.35. The molecule has 2 aliphatic heterocycles. The minimum absolute atomic E-state index is 0.0747. The van der Waals surface area contributed by atoms with E-state index in [-0.39, 0.29) is 12.1 Å². The van der Waals surface area contributed by atoms with Gasteiger partial charge in [0.2, 0.25) is 0 Å². The number of rotatable bonds is 2. The van der Waals surface area contributed by atoms with Crippen molar-refractivity contribution in [2.45, 2.75) is 19.4 Å². The summed E-state index contributed by atoms with van der Waals surface area (Å²) >= 11 is 0. The van der Waals surface area contributed by atoms with E-state index in [9.17, 15) is 4.79 Å². The molecular formula is C22H20N4O2. The maximum atomic E-state index is 13.1. The van der Waals surface area contributed by atoms with E-state index in [0.29, 0.717) is 11.6 Å². The number of pyridine rings is 2. The summed E-state index contributed by atoms with van der Waals surface area (Å²) in [7, 11) is 0. The third-order valence-electron chi connectivity index (χ3n) is 5.29. The van der Waals surface area contributed by atoms with E-state index in [0.717, 1.165) is 42.1 Å². The van der Waals surface area contributed by atoms with Crippen molar-refractivity contribution in [2.24, 2.45) is 0 Å². The molecule has 6 heteroatoms. The van der Waals surface area contributed by atoms with Gasteiger partial charge in [-0.1, -0.05) is 18.2 Å². The summed E-state index contributed by atoms with van der Waals surface area (Å²) in [4.78, 5) is 26.2. The first-order valence-corrected chi connectivity index (χ1v) is 9.44. The van der Waals surface area contributed by atoms with E-state index in [1.54, 1.807) is 23.2 Å². The monoisotopic (exact) mass is 372 g/mol. The van der Waals surface area contributed by atoms with Gasteiger partial charge in [-0.3, -0.25) is 9.88 Å². The fourth-order valence-electron chi connectivity index (χ4n) is 3.95. The van der Waals surface area contributed by atoms with Crippen LogP contribution in [0, 0.1) is 6.92 Å². The molecule has 6 nitrogen and oxygen atoms in total. The van der Waals surface area contributed by atoms with E-state index in [2.05, 4.69) is 16.0 Å². The van der Waals surface area contributed by atoms with Gasteiger partial charge in [-0.15, -0.1) is 0 Å². The van der Waals surface area contributed by atoms with E-state index in [4.69, 9.17) is 9.72 Å². The highest BCUT2D eigenvalue weighted by molar-refractivity contribution is 5.95. The molecule has 28 heavy (non-hydrogen) atoms. The van der Waals surface area contributed by atoms with Crippen LogP contribution in [-0.4, -0.2) is 35.2 Å². The highest BCUT2D eigenvalue weighted by Gasteiger charge is 2.41. The van der Waals surface area contributed by atoms with Crippen molar-refractivity contribution in [3.8, 4) is 17.0 Å². The Bertz CT molecular complexity index is 1040. The molecule has 0 saturated carbocycles. The Morgan fingerprint density at radius 1 is 1.14 bits per heavy atom. The van der Waals surface area contributed by atoms with Crippen molar-refractivity contribution in [1.82, 2.24) is 9.97 Å². The number of carbonyl (C=O) groups excluding carboxylic acids is 1. The Morgan fingerprint density at radius 3 is 2.82 bits per heavy atom. The van der Waals surface area contributed by atoms with Gasteiger partial charge in [0, 0.05) is 30.5 Å². The van der Waals surface area contributed by atoms with Crippen LogP contribution in [0.3, 0.4) is 0 Å². The van der Waals surface area contributed by atoms with Crippen LogP contribution in [0.4, 0.5) is 16.3 Å². The molecule has 2 aliphatic rings. The number of anilines is 2. The van der Waals surface area contributed by atoms with Gasteiger partial charge in [0.1, 0.15) is 5.75 Å². The summed E-state index contributed by atoms with van der Waals surface area (Å²) in [6.45, 7) is 3.69. The smallest absolute Gasteiger partial charge is 0.410 e. The third-order valence-corrected chi connectivity index (χ3v) is 5.29. The second kappa shape index (κ2) is 6.64. The van der Waals surface area contributed by atoms with Gasteiger partial charge in [-0.05, 0) is 49.7 Å². The standard InChI is InChI=1S/C22H20N4O2/c1-15-13-16(9-11-23-15)19-7-8-20-21(24-19)26(17-10-12-25(20)14-17)22(27)28-18-5-3-2-4-6-18/h2-9,11,13,17H,10,12,14H2,1H3. The number of aryl methyl sites for hydroxylation is 1. The lowest BCUT2D eigenvalue weighted by molar-refractivity contribution is 0.205. The lowest BCUT2D eigenvalue weighted by Crippen LogP contribution is -2.47. The molecule has 1 unspecified atom stereocenters. The number of hydrogen-bond donors (Lipinski definition) is 0. The van der Waals surface area contributed by atoms with Crippen LogP contribution in [0.15, 0.2) is 60.8 Å². The summed E-state index contributed by atoms with van der Waals surface area (Å²) in [5, 5.41) is 0. The molecule has 0 radical (unpaired) electrons. The van der Waals surface area contributed by atoms with Gasteiger partial charge in [-0.2, -0.15) is 0 Å². The fraction of sp³-hybridized carbons (Fsp3) is 0.227.